The summed E-state index contributed by atoms with van der Waals surface area (Å²) in [6.45, 7) is 7.07. The van der Waals surface area contributed by atoms with Crippen molar-refractivity contribution in [1.29, 1.82) is 0 Å². The van der Waals surface area contributed by atoms with E-state index in [-0.39, 0.29) is 18.2 Å². The molecule has 1 aromatic carbocycles. The van der Waals surface area contributed by atoms with Crippen molar-refractivity contribution in [2.45, 2.75) is 51.9 Å². The summed E-state index contributed by atoms with van der Waals surface area (Å²) in [6.07, 6.45) is 1.37. The fourth-order valence-corrected chi connectivity index (χ4v) is 6.58. The Morgan fingerprint density at radius 3 is 2.39 bits per heavy atom. The highest BCUT2D eigenvalue weighted by molar-refractivity contribution is 7.86. The third-order valence-corrected chi connectivity index (χ3v) is 7.93. The SMILES string of the molecule is COc1ccc(-c2cc(C)nc([C@@H]3CCCN3S(=O)(=O)N3C[C@@H](C)O[C@@H](C)C3)c2)cc1. The first-order valence-corrected chi connectivity index (χ1v) is 12.2. The van der Waals surface area contributed by atoms with Crippen LogP contribution in [0.2, 0.25) is 0 Å². The minimum absolute atomic E-state index is 0.113. The Kier molecular flexibility index (Phi) is 6.35. The van der Waals surface area contributed by atoms with E-state index in [2.05, 4.69) is 0 Å². The number of aryl methyl sites for hydroxylation is 1. The summed E-state index contributed by atoms with van der Waals surface area (Å²) < 4.78 is 41.3. The van der Waals surface area contributed by atoms with Crippen LogP contribution in [0.4, 0.5) is 0 Å². The van der Waals surface area contributed by atoms with E-state index in [1.807, 2.05) is 57.2 Å². The number of methoxy groups -OCH3 is 1. The second-order valence-electron chi connectivity index (χ2n) is 8.50. The number of benzene rings is 1. The number of hydrogen-bond donors (Lipinski definition) is 0. The zero-order chi connectivity index (χ0) is 22.2. The summed E-state index contributed by atoms with van der Waals surface area (Å²) in [5, 5.41) is 0. The van der Waals surface area contributed by atoms with Gasteiger partial charge in [0.15, 0.2) is 0 Å². The molecule has 2 aliphatic heterocycles. The van der Waals surface area contributed by atoms with Crippen LogP contribution in [0.5, 0.6) is 5.75 Å². The summed E-state index contributed by atoms with van der Waals surface area (Å²) in [7, 11) is -1.95. The van der Waals surface area contributed by atoms with Crippen molar-refractivity contribution in [1.82, 2.24) is 13.6 Å². The average Bonchev–Trinajstić information content (AvgIpc) is 3.24. The fraction of sp³-hybridized carbons (Fsp3) is 0.522. The van der Waals surface area contributed by atoms with Crippen LogP contribution in [-0.2, 0) is 14.9 Å². The highest BCUT2D eigenvalue weighted by atomic mass is 32.2. The highest BCUT2D eigenvalue weighted by Gasteiger charge is 2.42. The topological polar surface area (TPSA) is 72.0 Å². The second kappa shape index (κ2) is 8.86. The molecule has 2 aliphatic rings. The lowest BCUT2D eigenvalue weighted by Gasteiger charge is -2.37. The Morgan fingerprint density at radius 2 is 1.74 bits per heavy atom. The monoisotopic (exact) mass is 445 g/mol. The first kappa shape index (κ1) is 22.2. The lowest BCUT2D eigenvalue weighted by atomic mass is 10.0. The van der Waals surface area contributed by atoms with Gasteiger partial charge in [0.25, 0.3) is 10.2 Å². The average molecular weight is 446 g/mol. The van der Waals surface area contributed by atoms with E-state index in [0.29, 0.717) is 19.6 Å². The van der Waals surface area contributed by atoms with Crippen molar-refractivity contribution in [3.8, 4) is 16.9 Å². The van der Waals surface area contributed by atoms with E-state index in [1.54, 1.807) is 15.7 Å². The maximum Gasteiger partial charge on any atom is 0.282 e. The number of aromatic nitrogens is 1. The Labute approximate surface area is 185 Å². The molecule has 2 fully saturated rings. The van der Waals surface area contributed by atoms with Gasteiger partial charge in [0, 0.05) is 25.3 Å². The van der Waals surface area contributed by atoms with Gasteiger partial charge >= 0.3 is 0 Å². The number of hydrogen-bond acceptors (Lipinski definition) is 5. The van der Waals surface area contributed by atoms with Gasteiger partial charge in [-0.05, 0) is 69.0 Å². The molecule has 0 spiro atoms. The zero-order valence-corrected chi connectivity index (χ0v) is 19.4. The van der Waals surface area contributed by atoms with Crippen molar-refractivity contribution < 1.29 is 17.9 Å². The Balaban J connectivity index is 1.64. The molecule has 2 saturated heterocycles. The normalized spacial score (nSPS) is 25.6. The minimum atomic E-state index is -3.59. The predicted molar refractivity (Wildman–Crippen MR) is 120 cm³/mol. The molecular formula is C23H31N3O4S. The van der Waals surface area contributed by atoms with Crippen molar-refractivity contribution >= 4 is 10.2 Å². The molecule has 0 radical (unpaired) electrons. The van der Waals surface area contributed by atoms with E-state index in [0.717, 1.165) is 41.1 Å². The molecule has 8 heteroatoms. The number of pyridine rings is 1. The lowest BCUT2D eigenvalue weighted by Crippen LogP contribution is -2.52. The Morgan fingerprint density at radius 1 is 1.06 bits per heavy atom. The number of morpholine rings is 1. The van der Waals surface area contributed by atoms with Crippen LogP contribution < -0.4 is 4.74 Å². The van der Waals surface area contributed by atoms with Gasteiger partial charge < -0.3 is 9.47 Å². The number of rotatable bonds is 5. The first-order valence-electron chi connectivity index (χ1n) is 10.8. The summed E-state index contributed by atoms with van der Waals surface area (Å²) in [6, 6.07) is 11.7. The highest BCUT2D eigenvalue weighted by Crippen LogP contribution is 2.37. The lowest BCUT2D eigenvalue weighted by molar-refractivity contribution is -0.0455. The van der Waals surface area contributed by atoms with Gasteiger partial charge in [-0.3, -0.25) is 4.98 Å². The van der Waals surface area contributed by atoms with E-state index in [4.69, 9.17) is 14.5 Å². The fourth-order valence-electron chi connectivity index (χ4n) is 4.59. The smallest absolute Gasteiger partial charge is 0.282 e. The van der Waals surface area contributed by atoms with Crippen LogP contribution in [0, 0.1) is 6.92 Å². The van der Waals surface area contributed by atoms with E-state index in [1.165, 1.54) is 0 Å². The predicted octanol–water partition coefficient (Wildman–Crippen LogP) is 3.56. The third kappa shape index (κ3) is 4.62. The molecule has 3 heterocycles. The summed E-state index contributed by atoms with van der Waals surface area (Å²) in [4.78, 5) is 4.74. The van der Waals surface area contributed by atoms with Crippen LogP contribution in [0.25, 0.3) is 11.1 Å². The molecule has 31 heavy (non-hydrogen) atoms. The van der Waals surface area contributed by atoms with Crippen LogP contribution in [0.15, 0.2) is 36.4 Å². The van der Waals surface area contributed by atoms with Crippen LogP contribution >= 0.6 is 0 Å². The molecule has 0 N–H and O–H groups in total. The van der Waals surface area contributed by atoms with Gasteiger partial charge in [-0.2, -0.15) is 17.0 Å². The van der Waals surface area contributed by atoms with Crippen molar-refractivity contribution in [2.75, 3.05) is 26.7 Å². The Hall–Kier alpha value is -2.00. The molecule has 1 aromatic heterocycles. The largest absolute Gasteiger partial charge is 0.497 e. The molecule has 0 amide bonds. The maximum absolute atomic E-state index is 13.5. The first-order chi connectivity index (χ1) is 14.8. The van der Waals surface area contributed by atoms with Gasteiger partial charge in [-0.15, -0.1) is 0 Å². The Bertz CT molecular complexity index is 1020. The van der Waals surface area contributed by atoms with Gasteiger partial charge in [0.05, 0.1) is 31.1 Å². The van der Waals surface area contributed by atoms with Crippen LogP contribution in [-0.4, -0.2) is 61.0 Å². The number of nitrogens with zero attached hydrogens (tertiary/aromatic N) is 3. The molecule has 0 aliphatic carbocycles. The summed E-state index contributed by atoms with van der Waals surface area (Å²) >= 11 is 0. The second-order valence-corrected chi connectivity index (χ2v) is 10.4. The van der Waals surface area contributed by atoms with E-state index in [9.17, 15) is 8.42 Å². The van der Waals surface area contributed by atoms with E-state index >= 15 is 0 Å². The quantitative estimate of drug-likeness (QED) is 0.704. The molecule has 168 valence electrons. The maximum atomic E-state index is 13.5. The molecule has 3 atom stereocenters. The van der Waals surface area contributed by atoms with Gasteiger partial charge in [-0.25, -0.2) is 0 Å². The van der Waals surface area contributed by atoms with Gasteiger partial charge in [0.2, 0.25) is 0 Å². The zero-order valence-electron chi connectivity index (χ0n) is 18.6. The summed E-state index contributed by atoms with van der Waals surface area (Å²) in [5.74, 6) is 0.803. The molecule has 0 saturated carbocycles. The molecule has 2 aromatic rings. The molecular weight excluding hydrogens is 414 g/mol. The molecule has 0 bridgehead atoms. The van der Waals surface area contributed by atoms with Gasteiger partial charge in [-0.1, -0.05) is 12.1 Å². The van der Waals surface area contributed by atoms with Crippen molar-refractivity contribution in [2.24, 2.45) is 0 Å². The molecule has 7 nitrogen and oxygen atoms in total. The third-order valence-electron chi connectivity index (χ3n) is 5.95. The molecule has 0 unspecified atom stereocenters. The summed E-state index contributed by atoms with van der Waals surface area (Å²) in [5.41, 5.74) is 3.77. The van der Waals surface area contributed by atoms with E-state index < -0.39 is 10.2 Å². The van der Waals surface area contributed by atoms with Crippen molar-refractivity contribution in [3.63, 3.8) is 0 Å². The van der Waals surface area contributed by atoms with Crippen molar-refractivity contribution in [3.05, 3.63) is 47.8 Å². The van der Waals surface area contributed by atoms with Crippen LogP contribution in [0.3, 0.4) is 0 Å². The molecule has 4 rings (SSSR count). The number of ether oxygens (including phenoxy) is 2. The standard InChI is InChI=1S/C23H31N3O4S/c1-16-12-20(19-7-9-21(29-4)10-8-19)13-22(24-16)23-6-5-11-26(23)31(27,28)25-14-17(2)30-18(3)15-25/h7-10,12-13,17-18,23H,5-6,11,14-15H2,1-4H3/t17-,18+,23-/m0/s1. The van der Waals surface area contributed by atoms with Crippen LogP contribution in [0.1, 0.15) is 44.1 Å². The minimum Gasteiger partial charge on any atom is -0.497 e. The van der Waals surface area contributed by atoms with Gasteiger partial charge in [0.1, 0.15) is 5.75 Å².